The van der Waals surface area contributed by atoms with Gasteiger partial charge in [0.15, 0.2) is 0 Å². The Morgan fingerprint density at radius 3 is 2.40 bits per heavy atom. The molecule has 0 aliphatic rings. The molecule has 1 unspecified atom stereocenters. The lowest BCUT2D eigenvalue weighted by Gasteiger charge is -2.15. The standard InChI is InChI=1S/C11H22N2O2/c1-2-3-6-11(13-10-15)7-4-5-8-12-9-14/h9-11H,2-8H2,1H3,(H,12,14)(H,13,15). The van der Waals surface area contributed by atoms with Crippen molar-refractivity contribution in [2.75, 3.05) is 6.54 Å². The third-order valence-corrected chi connectivity index (χ3v) is 2.42. The SMILES string of the molecule is CCCCC(CCCCNC=O)NC=O. The van der Waals surface area contributed by atoms with Crippen molar-refractivity contribution in [1.29, 1.82) is 0 Å². The van der Waals surface area contributed by atoms with E-state index >= 15 is 0 Å². The normalized spacial score (nSPS) is 11.8. The molecule has 0 fully saturated rings. The van der Waals surface area contributed by atoms with Crippen molar-refractivity contribution >= 4 is 12.8 Å². The Morgan fingerprint density at radius 1 is 1.07 bits per heavy atom. The van der Waals surface area contributed by atoms with Gasteiger partial charge in [0.1, 0.15) is 0 Å². The van der Waals surface area contributed by atoms with Gasteiger partial charge >= 0.3 is 0 Å². The van der Waals surface area contributed by atoms with Crippen LogP contribution in [0.25, 0.3) is 0 Å². The van der Waals surface area contributed by atoms with Crippen LogP contribution in [-0.2, 0) is 9.59 Å². The van der Waals surface area contributed by atoms with Gasteiger partial charge in [-0.2, -0.15) is 0 Å². The maximum atomic E-state index is 10.3. The van der Waals surface area contributed by atoms with E-state index in [-0.39, 0.29) is 0 Å². The molecule has 0 spiro atoms. The van der Waals surface area contributed by atoms with Gasteiger partial charge in [0.25, 0.3) is 0 Å². The first kappa shape index (κ1) is 13.9. The molecule has 1 atom stereocenters. The highest BCUT2D eigenvalue weighted by Crippen LogP contribution is 2.07. The fraction of sp³-hybridized carbons (Fsp3) is 0.818. The maximum absolute atomic E-state index is 10.3. The number of nitrogens with one attached hydrogen (secondary N) is 2. The summed E-state index contributed by atoms with van der Waals surface area (Å²) < 4.78 is 0. The zero-order chi connectivity index (χ0) is 11.4. The van der Waals surface area contributed by atoms with Crippen LogP contribution in [0.15, 0.2) is 0 Å². The summed E-state index contributed by atoms with van der Waals surface area (Å²) in [6.07, 6.45) is 7.87. The minimum Gasteiger partial charge on any atom is -0.359 e. The molecule has 4 nitrogen and oxygen atoms in total. The monoisotopic (exact) mass is 214 g/mol. The highest BCUT2D eigenvalue weighted by Gasteiger charge is 2.05. The van der Waals surface area contributed by atoms with Crippen molar-refractivity contribution in [3.05, 3.63) is 0 Å². The van der Waals surface area contributed by atoms with Gasteiger partial charge in [-0.05, 0) is 25.7 Å². The number of amides is 2. The minimum absolute atomic E-state index is 0.304. The average Bonchev–Trinajstić information content (AvgIpc) is 2.25. The Kier molecular flexibility index (Phi) is 10.2. The summed E-state index contributed by atoms with van der Waals surface area (Å²) in [5.74, 6) is 0. The van der Waals surface area contributed by atoms with Gasteiger partial charge < -0.3 is 10.6 Å². The summed E-state index contributed by atoms with van der Waals surface area (Å²) in [5.41, 5.74) is 0. The zero-order valence-electron chi connectivity index (χ0n) is 9.50. The van der Waals surface area contributed by atoms with Gasteiger partial charge in [-0.1, -0.05) is 19.8 Å². The topological polar surface area (TPSA) is 58.2 Å². The number of unbranched alkanes of at least 4 members (excludes halogenated alkanes) is 2. The molecular weight excluding hydrogens is 192 g/mol. The van der Waals surface area contributed by atoms with Crippen LogP contribution in [-0.4, -0.2) is 25.4 Å². The van der Waals surface area contributed by atoms with Gasteiger partial charge in [0.05, 0.1) is 0 Å². The molecule has 2 N–H and O–H groups in total. The number of hydrogen-bond acceptors (Lipinski definition) is 2. The first-order chi connectivity index (χ1) is 7.35. The van der Waals surface area contributed by atoms with Crippen LogP contribution >= 0.6 is 0 Å². The molecule has 0 aliphatic heterocycles. The molecule has 0 aliphatic carbocycles. The second-order valence-corrected chi connectivity index (χ2v) is 3.69. The van der Waals surface area contributed by atoms with Gasteiger partial charge in [-0.3, -0.25) is 9.59 Å². The van der Waals surface area contributed by atoms with Gasteiger partial charge in [-0.15, -0.1) is 0 Å². The number of carbonyl (C=O) groups is 2. The van der Waals surface area contributed by atoms with Crippen molar-refractivity contribution in [3.8, 4) is 0 Å². The predicted octanol–water partition coefficient (Wildman–Crippen LogP) is 1.21. The van der Waals surface area contributed by atoms with E-state index in [4.69, 9.17) is 0 Å². The first-order valence-corrected chi connectivity index (χ1v) is 5.71. The summed E-state index contributed by atoms with van der Waals surface area (Å²) >= 11 is 0. The van der Waals surface area contributed by atoms with Crippen LogP contribution in [0, 0.1) is 0 Å². The van der Waals surface area contributed by atoms with E-state index in [0.717, 1.165) is 57.9 Å². The summed E-state index contributed by atoms with van der Waals surface area (Å²) in [7, 11) is 0. The molecular formula is C11H22N2O2. The van der Waals surface area contributed by atoms with E-state index < -0.39 is 0 Å². The predicted molar refractivity (Wildman–Crippen MR) is 60.4 cm³/mol. The third-order valence-electron chi connectivity index (χ3n) is 2.42. The maximum Gasteiger partial charge on any atom is 0.207 e. The van der Waals surface area contributed by atoms with E-state index in [1.165, 1.54) is 0 Å². The lowest BCUT2D eigenvalue weighted by Crippen LogP contribution is -2.27. The quantitative estimate of drug-likeness (QED) is 0.401. The van der Waals surface area contributed by atoms with Crippen LogP contribution in [0.3, 0.4) is 0 Å². The van der Waals surface area contributed by atoms with Gasteiger partial charge in [-0.25, -0.2) is 0 Å². The fourth-order valence-corrected chi connectivity index (χ4v) is 1.53. The number of carbonyl (C=O) groups excluding carboxylic acids is 2. The molecule has 0 aromatic heterocycles. The molecule has 0 aromatic carbocycles. The van der Waals surface area contributed by atoms with E-state index in [1.807, 2.05) is 0 Å². The molecule has 0 radical (unpaired) electrons. The molecule has 0 aromatic rings. The summed E-state index contributed by atoms with van der Waals surface area (Å²) in [5, 5.41) is 5.46. The molecule has 15 heavy (non-hydrogen) atoms. The largest absolute Gasteiger partial charge is 0.359 e. The lowest BCUT2D eigenvalue weighted by molar-refractivity contribution is -0.110. The Labute approximate surface area is 91.8 Å². The Bertz CT molecular complexity index is 163. The van der Waals surface area contributed by atoms with Gasteiger partial charge in [0.2, 0.25) is 12.8 Å². The molecule has 0 saturated carbocycles. The van der Waals surface area contributed by atoms with Gasteiger partial charge in [0, 0.05) is 12.6 Å². The highest BCUT2D eigenvalue weighted by molar-refractivity contribution is 5.46. The van der Waals surface area contributed by atoms with Crippen molar-refractivity contribution < 1.29 is 9.59 Å². The van der Waals surface area contributed by atoms with Crippen molar-refractivity contribution in [1.82, 2.24) is 10.6 Å². The summed E-state index contributed by atoms with van der Waals surface area (Å²) in [6, 6.07) is 0.304. The lowest BCUT2D eigenvalue weighted by atomic mass is 10.0. The second-order valence-electron chi connectivity index (χ2n) is 3.69. The van der Waals surface area contributed by atoms with Crippen molar-refractivity contribution in [2.24, 2.45) is 0 Å². The smallest absolute Gasteiger partial charge is 0.207 e. The molecule has 0 saturated heterocycles. The van der Waals surface area contributed by atoms with Crippen molar-refractivity contribution in [3.63, 3.8) is 0 Å². The second kappa shape index (κ2) is 11.0. The molecule has 0 rings (SSSR count). The third kappa shape index (κ3) is 9.25. The fourth-order valence-electron chi connectivity index (χ4n) is 1.53. The minimum atomic E-state index is 0.304. The molecule has 2 amide bonds. The molecule has 88 valence electrons. The van der Waals surface area contributed by atoms with E-state index in [9.17, 15) is 9.59 Å². The van der Waals surface area contributed by atoms with E-state index in [0.29, 0.717) is 6.04 Å². The van der Waals surface area contributed by atoms with Crippen LogP contribution in [0.4, 0.5) is 0 Å². The average molecular weight is 214 g/mol. The Balaban J connectivity index is 3.46. The van der Waals surface area contributed by atoms with Crippen LogP contribution in [0.1, 0.15) is 45.4 Å². The molecule has 0 heterocycles. The van der Waals surface area contributed by atoms with E-state index in [1.54, 1.807) is 0 Å². The highest BCUT2D eigenvalue weighted by atomic mass is 16.1. The summed E-state index contributed by atoms with van der Waals surface area (Å²) in [4.78, 5) is 20.3. The van der Waals surface area contributed by atoms with Crippen molar-refractivity contribution in [2.45, 2.75) is 51.5 Å². The van der Waals surface area contributed by atoms with Crippen LogP contribution < -0.4 is 10.6 Å². The van der Waals surface area contributed by atoms with E-state index in [2.05, 4.69) is 17.6 Å². The number of hydrogen-bond donors (Lipinski definition) is 2. The van der Waals surface area contributed by atoms with Crippen LogP contribution in [0.2, 0.25) is 0 Å². The molecule has 4 heteroatoms. The Hall–Kier alpha value is -1.06. The zero-order valence-corrected chi connectivity index (χ0v) is 9.50. The Morgan fingerprint density at radius 2 is 1.80 bits per heavy atom. The number of rotatable bonds is 11. The van der Waals surface area contributed by atoms with Crippen LogP contribution in [0.5, 0.6) is 0 Å². The summed E-state index contributed by atoms with van der Waals surface area (Å²) in [6.45, 7) is 2.87. The molecule has 0 bridgehead atoms. The first-order valence-electron chi connectivity index (χ1n) is 5.71.